The molecule has 0 bridgehead atoms. The highest BCUT2D eigenvalue weighted by atomic mass is 31.2. The molecule has 10 atom stereocenters. The highest BCUT2D eigenvalue weighted by molar-refractivity contribution is 7.53. The molecule has 4 aromatic heterocycles. The highest BCUT2D eigenvalue weighted by Gasteiger charge is 2.53. The standard InChI is InChI=1S/C22H27N9O13P2/c1-7-26-16-10(18(34)27-7)24-5-30(16)21-13(33)15-8(41-21)3-39-45(2,36)43-14-9(4-40-46(37,38)44-15)42-20(12(14)32)31-6-25-11-17(31)28-22(23)29-19(11)35/h5-6,8-9,12-15,20-21,32-33H,3-4H2,1-2H3,(H,37,38)(H,26,27,34)(H3,23,28,29,35)/t8-,9-,12+,13+,14?,15?,20-,21-,45?/m1/s1. The van der Waals surface area contributed by atoms with Gasteiger partial charge in [0.05, 0.1) is 25.9 Å². The van der Waals surface area contributed by atoms with E-state index in [2.05, 4.69) is 29.9 Å². The number of hydrogen-bond donors (Lipinski definition) is 6. The molecule has 22 nitrogen and oxygen atoms in total. The van der Waals surface area contributed by atoms with Crippen LogP contribution in [-0.4, -0.2) is 111 Å². The lowest BCUT2D eigenvalue weighted by atomic mass is 10.1. The van der Waals surface area contributed by atoms with E-state index in [1.165, 1.54) is 22.4 Å². The first-order valence-electron chi connectivity index (χ1n) is 13.6. The number of aromatic amines is 2. The van der Waals surface area contributed by atoms with Crippen LogP contribution in [-0.2, 0) is 36.7 Å². The van der Waals surface area contributed by atoms with Crippen LogP contribution in [0.2, 0.25) is 0 Å². The number of nitrogens with zero attached hydrogens (tertiary/aromatic N) is 6. The fourth-order valence-electron chi connectivity index (χ4n) is 5.59. The minimum Gasteiger partial charge on any atom is -0.386 e. The van der Waals surface area contributed by atoms with Gasteiger partial charge < -0.3 is 39.8 Å². The smallest absolute Gasteiger partial charge is 0.386 e. The molecule has 46 heavy (non-hydrogen) atoms. The Hall–Kier alpha value is -3.40. The third kappa shape index (κ3) is 5.40. The van der Waals surface area contributed by atoms with Crippen molar-refractivity contribution in [3.63, 3.8) is 0 Å². The van der Waals surface area contributed by atoms with E-state index in [1.807, 2.05) is 0 Å². The number of imidazole rings is 2. The van der Waals surface area contributed by atoms with Gasteiger partial charge in [-0.25, -0.2) is 19.5 Å². The van der Waals surface area contributed by atoms with Crippen LogP contribution in [0.4, 0.5) is 5.95 Å². The Labute approximate surface area is 255 Å². The van der Waals surface area contributed by atoms with Crippen molar-refractivity contribution in [3.05, 3.63) is 39.2 Å². The topological polar surface area (TPSA) is 303 Å². The summed E-state index contributed by atoms with van der Waals surface area (Å²) in [5.41, 5.74) is 4.31. The van der Waals surface area contributed by atoms with Crippen molar-refractivity contribution in [2.24, 2.45) is 0 Å². The van der Waals surface area contributed by atoms with Gasteiger partial charge in [-0.1, -0.05) is 0 Å². The summed E-state index contributed by atoms with van der Waals surface area (Å²) in [6, 6.07) is 0. The molecular formula is C22H27N9O13P2. The van der Waals surface area contributed by atoms with Crippen LogP contribution in [0.1, 0.15) is 18.3 Å². The molecule has 0 saturated carbocycles. The van der Waals surface area contributed by atoms with E-state index < -0.39 is 88.8 Å². The molecule has 0 aliphatic carbocycles. The number of rotatable bonds is 2. The Morgan fingerprint density at radius 1 is 0.870 bits per heavy atom. The number of ether oxygens (including phenoxy) is 2. The van der Waals surface area contributed by atoms with Gasteiger partial charge in [0.2, 0.25) is 5.95 Å². The highest BCUT2D eigenvalue weighted by Crippen LogP contribution is 2.53. The van der Waals surface area contributed by atoms with Crippen LogP contribution in [0, 0.1) is 6.92 Å². The molecule has 24 heteroatoms. The number of H-pyrrole nitrogens is 2. The van der Waals surface area contributed by atoms with Gasteiger partial charge in [-0.05, 0) is 6.92 Å². The largest absolute Gasteiger partial charge is 0.472 e. The molecular weight excluding hydrogens is 660 g/mol. The van der Waals surface area contributed by atoms with Crippen molar-refractivity contribution in [2.45, 2.75) is 56.0 Å². The van der Waals surface area contributed by atoms with Gasteiger partial charge in [0, 0.05) is 6.66 Å². The van der Waals surface area contributed by atoms with Crippen molar-refractivity contribution >= 4 is 43.7 Å². The minimum atomic E-state index is -5.02. The lowest BCUT2D eigenvalue weighted by Gasteiger charge is -2.28. The number of hydrogen-bond acceptors (Lipinski definition) is 17. The molecule has 7 N–H and O–H groups in total. The third-order valence-corrected chi connectivity index (χ3v) is 9.84. The second-order valence-electron chi connectivity index (χ2n) is 10.8. The normalized spacial score (nSPS) is 37.2. The van der Waals surface area contributed by atoms with Crippen LogP contribution in [0.3, 0.4) is 0 Å². The van der Waals surface area contributed by atoms with E-state index in [9.17, 15) is 33.8 Å². The van der Waals surface area contributed by atoms with Gasteiger partial charge in [-0.3, -0.25) is 41.8 Å². The number of nitrogens with one attached hydrogen (secondary N) is 2. The van der Waals surface area contributed by atoms with Crippen molar-refractivity contribution < 1.29 is 51.8 Å². The summed E-state index contributed by atoms with van der Waals surface area (Å²) in [4.78, 5) is 56.3. The fraction of sp³-hybridized carbons (Fsp3) is 0.545. The number of fused-ring (bicyclic) bond motifs is 4. The first kappa shape index (κ1) is 31.2. The monoisotopic (exact) mass is 687 g/mol. The fourth-order valence-corrected chi connectivity index (χ4v) is 7.74. The average molecular weight is 687 g/mol. The van der Waals surface area contributed by atoms with Gasteiger partial charge in [0.25, 0.3) is 11.1 Å². The minimum absolute atomic E-state index is 0.0507. The molecule has 4 unspecified atom stereocenters. The zero-order valence-corrected chi connectivity index (χ0v) is 25.6. The number of nitrogens with two attached hydrogens (primary N) is 1. The number of aliphatic hydroxyl groups is 2. The second-order valence-corrected chi connectivity index (χ2v) is 14.3. The number of aliphatic hydroxyl groups excluding tert-OH is 2. The lowest BCUT2D eigenvalue weighted by Crippen LogP contribution is -2.39. The number of phosphoric acid groups is 1. The van der Waals surface area contributed by atoms with E-state index in [0.29, 0.717) is 0 Å². The maximum Gasteiger partial charge on any atom is 0.472 e. The van der Waals surface area contributed by atoms with Gasteiger partial charge in [0.1, 0.15) is 42.4 Å². The zero-order chi connectivity index (χ0) is 32.7. The SMILES string of the molecule is Cc1nc2c(ncn2[C@@H]2O[C@@H]3COP(C)(=O)OC4[C@@H](COP(=O)(O)OC3[C@@H]2O)O[C@@H](n2cnc3c(=O)[nH]c(N)nc32)[C@H]4O)c(=O)[nH]1. The number of anilines is 1. The van der Waals surface area contributed by atoms with Crippen molar-refractivity contribution in [1.82, 2.24) is 39.0 Å². The summed E-state index contributed by atoms with van der Waals surface area (Å²) in [5.74, 6) is 0.0173. The predicted octanol–water partition coefficient (Wildman–Crippen LogP) is -1.60. The Morgan fingerprint density at radius 2 is 1.39 bits per heavy atom. The maximum absolute atomic E-state index is 13.5. The lowest BCUT2D eigenvalue weighted by molar-refractivity contribution is -0.0622. The van der Waals surface area contributed by atoms with Crippen LogP contribution in [0.25, 0.3) is 22.3 Å². The van der Waals surface area contributed by atoms with Gasteiger partial charge in [-0.15, -0.1) is 0 Å². The maximum atomic E-state index is 13.5. The quantitative estimate of drug-likeness (QED) is 0.129. The van der Waals surface area contributed by atoms with E-state index in [0.717, 1.165) is 13.0 Å². The van der Waals surface area contributed by atoms with Gasteiger partial charge in [0.15, 0.2) is 34.8 Å². The third-order valence-electron chi connectivity index (χ3n) is 7.61. The van der Waals surface area contributed by atoms with Gasteiger partial charge in [-0.2, -0.15) is 4.98 Å². The predicted molar refractivity (Wildman–Crippen MR) is 150 cm³/mol. The summed E-state index contributed by atoms with van der Waals surface area (Å²) in [6.07, 6.45) is -9.40. The van der Waals surface area contributed by atoms with Crippen LogP contribution in [0.5, 0.6) is 0 Å². The Bertz CT molecular complexity index is 1900. The second kappa shape index (κ2) is 11.1. The number of nitrogen functional groups attached to an aromatic ring is 1. The first-order valence-corrected chi connectivity index (χ1v) is 17.1. The number of aryl methyl sites for hydroxylation is 1. The Kier molecular flexibility index (Phi) is 7.53. The molecule has 0 aromatic carbocycles. The summed E-state index contributed by atoms with van der Waals surface area (Å²) in [7, 11) is -9.10. The average Bonchev–Trinajstić information content (AvgIpc) is 3.72. The Morgan fingerprint density at radius 3 is 2.00 bits per heavy atom. The summed E-state index contributed by atoms with van der Waals surface area (Å²) >= 11 is 0. The van der Waals surface area contributed by atoms with Crippen LogP contribution in [0.15, 0.2) is 22.2 Å². The summed E-state index contributed by atoms with van der Waals surface area (Å²) < 4.78 is 62.7. The molecule has 0 spiro atoms. The zero-order valence-electron chi connectivity index (χ0n) is 23.8. The molecule has 3 aliphatic rings. The van der Waals surface area contributed by atoms with Crippen molar-refractivity contribution in [3.8, 4) is 0 Å². The molecule has 248 valence electrons. The first-order chi connectivity index (χ1) is 21.7. The summed E-state index contributed by atoms with van der Waals surface area (Å²) in [6.45, 7) is 1.31. The molecule has 7 heterocycles. The molecule has 0 radical (unpaired) electrons. The van der Waals surface area contributed by atoms with Crippen LogP contribution >= 0.6 is 15.4 Å². The van der Waals surface area contributed by atoms with Crippen molar-refractivity contribution in [2.75, 3.05) is 25.6 Å². The number of aromatic nitrogens is 8. The number of phosphoric ester groups is 1. The summed E-state index contributed by atoms with van der Waals surface area (Å²) in [5, 5.41) is 22.4. The molecule has 3 saturated heterocycles. The van der Waals surface area contributed by atoms with E-state index in [1.54, 1.807) is 0 Å². The van der Waals surface area contributed by atoms with E-state index in [-0.39, 0.29) is 34.1 Å². The molecule has 3 fully saturated rings. The Balaban J connectivity index is 1.18. The molecule has 7 rings (SSSR count). The van der Waals surface area contributed by atoms with E-state index in [4.69, 9.17) is 33.3 Å². The van der Waals surface area contributed by atoms with Crippen molar-refractivity contribution in [1.29, 1.82) is 0 Å². The molecule has 4 aromatic rings. The van der Waals surface area contributed by atoms with E-state index >= 15 is 0 Å². The van der Waals surface area contributed by atoms with Gasteiger partial charge >= 0.3 is 15.4 Å². The molecule has 3 aliphatic heterocycles. The molecule has 0 amide bonds. The van der Waals surface area contributed by atoms with Crippen LogP contribution < -0.4 is 16.9 Å².